The molecule has 3 atom stereocenters. The van der Waals surface area contributed by atoms with Crippen molar-refractivity contribution in [3.8, 4) is 11.3 Å². The summed E-state index contributed by atoms with van der Waals surface area (Å²) in [6.07, 6.45) is 1.02. The number of hydrogen-bond acceptors (Lipinski definition) is 5. The molecule has 1 aliphatic rings. The van der Waals surface area contributed by atoms with Crippen LogP contribution < -0.4 is 5.32 Å². The van der Waals surface area contributed by atoms with Crippen LogP contribution in [0.3, 0.4) is 0 Å². The highest BCUT2D eigenvalue weighted by Gasteiger charge is 2.41. The van der Waals surface area contributed by atoms with Gasteiger partial charge < -0.3 is 4.74 Å². The minimum atomic E-state index is -0.823. The Bertz CT molecular complexity index is 769. The lowest BCUT2D eigenvalue weighted by Crippen LogP contribution is -2.30. The molecule has 1 aromatic heterocycles. The van der Waals surface area contributed by atoms with Gasteiger partial charge in [0.05, 0.1) is 11.6 Å². The number of esters is 1. The molecule has 25 heavy (non-hydrogen) atoms. The summed E-state index contributed by atoms with van der Waals surface area (Å²) < 4.78 is 5.22. The van der Waals surface area contributed by atoms with Crippen molar-refractivity contribution in [1.82, 2.24) is 4.98 Å². The summed E-state index contributed by atoms with van der Waals surface area (Å²) in [5.74, 6) is -0.328. The molecule has 0 aliphatic heterocycles. The Hall–Kier alpha value is -2.21. The minimum Gasteiger partial charge on any atom is -0.452 e. The highest BCUT2D eigenvalue weighted by atomic mass is 32.1. The van der Waals surface area contributed by atoms with Gasteiger partial charge in [0.15, 0.2) is 11.2 Å². The average molecular weight is 358 g/mol. The normalized spacial score (nSPS) is 20.0. The third-order valence-electron chi connectivity index (χ3n) is 4.47. The van der Waals surface area contributed by atoms with Crippen LogP contribution in [0, 0.1) is 11.8 Å². The zero-order chi connectivity index (χ0) is 18.0. The number of thiazole rings is 1. The number of carbonyl (C=O) groups is 2. The van der Waals surface area contributed by atoms with E-state index in [4.69, 9.17) is 4.74 Å². The number of benzene rings is 1. The molecule has 6 heteroatoms. The van der Waals surface area contributed by atoms with E-state index in [0.29, 0.717) is 11.0 Å². The second-order valence-corrected chi connectivity index (χ2v) is 7.33. The summed E-state index contributed by atoms with van der Waals surface area (Å²) >= 11 is 1.35. The average Bonchev–Trinajstić information content (AvgIpc) is 3.16. The number of hydrogen-bond donors (Lipinski definition) is 1. The summed E-state index contributed by atoms with van der Waals surface area (Å²) in [5, 5.41) is 5.13. The summed E-state index contributed by atoms with van der Waals surface area (Å²) in [4.78, 5) is 28.4. The van der Waals surface area contributed by atoms with Gasteiger partial charge in [-0.25, -0.2) is 4.98 Å². The first-order valence-electron chi connectivity index (χ1n) is 8.54. The first-order valence-corrected chi connectivity index (χ1v) is 9.42. The van der Waals surface area contributed by atoms with Crippen molar-refractivity contribution in [2.75, 3.05) is 5.32 Å². The number of aryl methyl sites for hydroxylation is 1. The van der Waals surface area contributed by atoms with E-state index < -0.39 is 6.10 Å². The summed E-state index contributed by atoms with van der Waals surface area (Å²) in [7, 11) is 0. The molecular formula is C19H22N2O3S. The van der Waals surface area contributed by atoms with Gasteiger partial charge in [0.1, 0.15) is 0 Å². The molecule has 1 aromatic carbocycles. The SMILES string of the molecule is CCc1ccc(-c2csc(NC(=O)[C@H](C)OC(=O)[C@H]3C[C@@H]3C)n2)cc1. The van der Waals surface area contributed by atoms with Gasteiger partial charge in [-0.3, -0.25) is 14.9 Å². The maximum Gasteiger partial charge on any atom is 0.309 e. The first-order chi connectivity index (χ1) is 12.0. The van der Waals surface area contributed by atoms with Crippen LogP contribution in [0.4, 0.5) is 5.13 Å². The Kier molecular flexibility index (Phi) is 5.18. The van der Waals surface area contributed by atoms with Gasteiger partial charge in [0.2, 0.25) is 0 Å². The first kappa shape index (κ1) is 17.6. The number of nitrogens with one attached hydrogen (secondary N) is 1. The van der Waals surface area contributed by atoms with Crippen molar-refractivity contribution in [3.63, 3.8) is 0 Å². The van der Waals surface area contributed by atoms with Crippen molar-refractivity contribution in [1.29, 1.82) is 0 Å². The molecule has 2 aromatic rings. The number of rotatable bonds is 6. The van der Waals surface area contributed by atoms with Gasteiger partial charge in [-0.2, -0.15) is 0 Å². The zero-order valence-electron chi connectivity index (χ0n) is 14.6. The number of carbonyl (C=O) groups excluding carboxylic acids is 2. The van der Waals surface area contributed by atoms with Crippen LogP contribution in [0.1, 0.15) is 32.8 Å². The van der Waals surface area contributed by atoms with Crippen LogP contribution >= 0.6 is 11.3 Å². The van der Waals surface area contributed by atoms with Crippen molar-refractivity contribution in [3.05, 3.63) is 35.2 Å². The lowest BCUT2D eigenvalue weighted by Gasteiger charge is -2.12. The Labute approximate surface area is 151 Å². The number of nitrogens with zero attached hydrogens (tertiary/aromatic N) is 1. The predicted octanol–water partition coefficient (Wildman–Crippen LogP) is 3.90. The van der Waals surface area contributed by atoms with Crippen LogP contribution in [0.15, 0.2) is 29.6 Å². The molecule has 0 bridgehead atoms. The van der Waals surface area contributed by atoms with Crippen molar-refractivity contribution in [2.24, 2.45) is 11.8 Å². The molecule has 1 aliphatic carbocycles. The van der Waals surface area contributed by atoms with Gasteiger partial charge >= 0.3 is 5.97 Å². The summed E-state index contributed by atoms with van der Waals surface area (Å²) in [6, 6.07) is 8.21. The maximum absolute atomic E-state index is 12.2. The fraction of sp³-hybridized carbons (Fsp3) is 0.421. The van der Waals surface area contributed by atoms with Gasteiger partial charge in [-0.15, -0.1) is 11.3 Å². The second kappa shape index (κ2) is 7.35. The lowest BCUT2D eigenvalue weighted by atomic mass is 10.1. The standard InChI is InChI=1S/C19H22N2O3S/c1-4-13-5-7-14(8-6-13)16-10-25-19(20-16)21-17(22)12(3)24-18(23)15-9-11(15)2/h5-8,10-12,15H,4,9H2,1-3H3,(H,20,21,22)/t11-,12-,15-/m0/s1. The van der Waals surface area contributed by atoms with Gasteiger partial charge in [-0.1, -0.05) is 38.1 Å². The van der Waals surface area contributed by atoms with Crippen LogP contribution in [-0.2, 0) is 20.7 Å². The third-order valence-corrected chi connectivity index (χ3v) is 5.22. The molecule has 5 nitrogen and oxygen atoms in total. The van der Waals surface area contributed by atoms with E-state index >= 15 is 0 Å². The monoisotopic (exact) mass is 358 g/mol. The van der Waals surface area contributed by atoms with Gasteiger partial charge in [0.25, 0.3) is 5.91 Å². The van der Waals surface area contributed by atoms with E-state index in [-0.39, 0.29) is 17.8 Å². The molecule has 0 unspecified atom stereocenters. The van der Waals surface area contributed by atoms with Crippen LogP contribution in [0.25, 0.3) is 11.3 Å². The predicted molar refractivity (Wildman–Crippen MR) is 98.4 cm³/mol. The highest BCUT2D eigenvalue weighted by Crippen LogP contribution is 2.38. The number of anilines is 1. The molecule has 132 valence electrons. The molecular weight excluding hydrogens is 336 g/mol. The van der Waals surface area contributed by atoms with Crippen molar-refractivity contribution >= 4 is 28.3 Å². The fourth-order valence-corrected chi connectivity index (χ4v) is 3.27. The molecule has 1 heterocycles. The van der Waals surface area contributed by atoms with E-state index in [1.165, 1.54) is 16.9 Å². The maximum atomic E-state index is 12.2. The van der Waals surface area contributed by atoms with Gasteiger partial charge in [-0.05, 0) is 31.2 Å². The minimum absolute atomic E-state index is 0.0483. The Morgan fingerprint density at radius 1 is 1.36 bits per heavy atom. The Morgan fingerprint density at radius 3 is 2.64 bits per heavy atom. The number of ether oxygens (including phenoxy) is 1. The van der Waals surface area contributed by atoms with Crippen molar-refractivity contribution < 1.29 is 14.3 Å². The number of aromatic nitrogens is 1. The van der Waals surface area contributed by atoms with Crippen LogP contribution in [0.2, 0.25) is 0 Å². The summed E-state index contributed by atoms with van der Waals surface area (Å²) in [5.41, 5.74) is 3.10. The lowest BCUT2D eigenvalue weighted by molar-refractivity contribution is -0.154. The fourth-order valence-electron chi connectivity index (χ4n) is 2.55. The Balaban J connectivity index is 1.58. The molecule has 0 spiro atoms. The smallest absolute Gasteiger partial charge is 0.309 e. The largest absolute Gasteiger partial charge is 0.452 e. The van der Waals surface area contributed by atoms with E-state index in [2.05, 4.69) is 29.4 Å². The topological polar surface area (TPSA) is 68.3 Å². The third kappa shape index (κ3) is 4.25. The van der Waals surface area contributed by atoms with E-state index in [1.54, 1.807) is 6.92 Å². The summed E-state index contributed by atoms with van der Waals surface area (Å²) in [6.45, 7) is 5.70. The molecule has 1 fully saturated rings. The molecule has 3 rings (SSSR count). The molecule has 1 saturated carbocycles. The molecule has 0 saturated heterocycles. The quantitative estimate of drug-likeness (QED) is 0.795. The molecule has 1 N–H and O–H groups in total. The van der Waals surface area contributed by atoms with Crippen molar-refractivity contribution in [2.45, 2.75) is 39.7 Å². The van der Waals surface area contributed by atoms with Gasteiger partial charge in [0, 0.05) is 10.9 Å². The second-order valence-electron chi connectivity index (χ2n) is 6.48. The zero-order valence-corrected chi connectivity index (χ0v) is 15.4. The van der Waals surface area contributed by atoms with E-state index in [9.17, 15) is 9.59 Å². The van der Waals surface area contributed by atoms with Crippen LogP contribution in [0.5, 0.6) is 0 Å². The van der Waals surface area contributed by atoms with E-state index in [0.717, 1.165) is 24.1 Å². The van der Waals surface area contributed by atoms with Crippen LogP contribution in [-0.4, -0.2) is 23.0 Å². The molecule has 0 radical (unpaired) electrons. The Morgan fingerprint density at radius 2 is 2.04 bits per heavy atom. The number of amides is 1. The highest BCUT2D eigenvalue weighted by molar-refractivity contribution is 7.14. The van der Waals surface area contributed by atoms with E-state index in [1.807, 2.05) is 24.4 Å². The molecule has 1 amide bonds.